The molecule has 1 fully saturated rings. The Balaban J connectivity index is 1.52. The van der Waals surface area contributed by atoms with Crippen LogP contribution in [0.1, 0.15) is 17.2 Å². The standard InChI is InChI=1S/C19H22N2O6S/c1-21-19(14-4-3-5-15(9-14)24-2)18(11-27-21)28(22,23)20-10-13-6-7-16-17(8-13)26-12-25-16/h3-9,18-20H,10-12H2,1-2H3/t18-,19+/m0/s1. The summed E-state index contributed by atoms with van der Waals surface area (Å²) in [7, 11) is -0.339. The lowest BCUT2D eigenvalue weighted by molar-refractivity contribution is -0.110. The first kappa shape index (κ1) is 19.0. The molecule has 150 valence electrons. The minimum absolute atomic E-state index is 0.0782. The van der Waals surface area contributed by atoms with E-state index in [0.717, 1.165) is 11.1 Å². The van der Waals surface area contributed by atoms with E-state index in [9.17, 15) is 8.42 Å². The maximum absolute atomic E-state index is 13.0. The third-order valence-corrected chi connectivity index (χ3v) is 6.67. The largest absolute Gasteiger partial charge is 0.497 e. The summed E-state index contributed by atoms with van der Waals surface area (Å²) in [5.74, 6) is 1.95. The van der Waals surface area contributed by atoms with Crippen LogP contribution in [0.3, 0.4) is 0 Å². The van der Waals surface area contributed by atoms with Crippen LogP contribution in [0, 0.1) is 0 Å². The van der Waals surface area contributed by atoms with Gasteiger partial charge in [-0.3, -0.25) is 4.84 Å². The summed E-state index contributed by atoms with van der Waals surface area (Å²) in [5.41, 5.74) is 1.61. The van der Waals surface area contributed by atoms with Crippen LogP contribution in [-0.2, 0) is 21.4 Å². The number of ether oxygens (including phenoxy) is 3. The Morgan fingerprint density at radius 2 is 2.00 bits per heavy atom. The van der Waals surface area contributed by atoms with Crippen molar-refractivity contribution >= 4 is 10.0 Å². The first-order valence-corrected chi connectivity index (χ1v) is 10.4. The van der Waals surface area contributed by atoms with Crippen molar-refractivity contribution in [2.24, 2.45) is 0 Å². The summed E-state index contributed by atoms with van der Waals surface area (Å²) < 4.78 is 44.6. The van der Waals surface area contributed by atoms with Crippen molar-refractivity contribution in [3.05, 3.63) is 53.6 Å². The van der Waals surface area contributed by atoms with Crippen molar-refractivity contribution in [3.8, 4) is 17.2 Å². The molecule has 0 aliphatic carbocycles. The quantitative estimate of drug-likeness (QED) is 0.783. The van der Waals surface area contributed by atoms with Crippen LogP contribution >= 0.6 is 0 Å². The zero-order valence-corrected chi connectivity index (χ0v) is 16.4. The van der Waals surface area contributed by atoms with Gasteiger partial charge in [-0.2, -0.15) is 5.06 Å². The number of methoxy groups -OCH3 is 1. The highest BCUT2D eigenvalue weighted by Crippen LogP contribution is 2.35. The molecule has 4 rings (SSSR count). The van der Waals surface area contributed by atoms with Gasteiger partial charge in [-0.1, -0.05) is 18.2 Å². The summed E-state index contributed by atoms with van der Waals surface area (Å²) >= 11 is 0. The number of nitrogens with zero attached hydrogens (tertiary/aromatic N) is 1. The summed E-state index contributed by atoms with van der Waals surface area (Å²) in [4.78, 5) is 5.54. The second-order valence-corrected chi connectivity index (χ2v) is 8.64. The molecule has 28 heavy (non-hydrogen) atoms. The molecule has 2 aliphatic rings. The number of fused-ring (bicyclic) bond motifs is 1. The molecule has 2 atom stereocenters. The first-order chi connectivity index (χ1) is 13.5. The highest BCUT2D eigenvalue weighted by molar-refractivity contribution is 7.90. The number of hydrogen-bond acceptors (Lipinski definition) is 7. The summed E-state index contributed by atoms with van der Waals surface area (Å²) in [5, 5.41) is 0.831. The second kappa shape index (κ2) is 7.59. The van der Waals surface area contributed by atoms with Gasteiger partial charge >= 0.3 is 0 Å². The number of hydrogen-bond donors (Lipinski definition) is 1. The number of benzene rings is 2. The maximum Gasteiger partial charge on any atom is 0.231 e. The first-order valence-electron chi connectivity index (χ1n) is 8.84. The number of sulfonamides is 1. The lowest BCUT2D eigenvalue weighted by Crippen LogP contribution is -2.39. The zero-order chi connectivity index (χ0) is 19.7. The lowest BCUT2D eigenvalue weighted by Gasteiger charge is -2.23. The van der Waals surface area contributed by atoms with Crippen LogP contribution < -0.4 is 18.9 Å². The van der Waals surface area contributed by atoms with Gasteiger partial charge in [0.2, 0.25) is 16.8 Å². The summed E-state index contributed by atoms with van der Waals surface area (Å²) in [6.07, 6.45) is 0. The Hall–Kier alpha value is -2.33. The van der Waals surface area contributed by atoms with Crippen LogP contribution in [0.15, 0.2) is 42.5 Å². The van der Waals surface area contributed by atoms with E-state index < -0.39 is 21.3 Å². The van der Waals surface area contributed by atoms with Gasteiger partial charge < -0.3 is 14.2 Å². The van der Waals surface area contributed by atoms with E-state index in [1.807, 2.05) is 30.3 Å². The van der Waals surface area contributed by atoms with Crippen LogP contribution in [-0.4, -0.2) is 46.3 Å². The fourth-order valence-electron chi connectivity index (χ4n) is 3.45. The van der Waals surface area contributed by atoms with Gasteiger partial charge in [-0.25, -0.2) is 13.1 Å². The average molecular weight is 406 g/mol. The Bertz CT molecular complexity index is 965. The van der Waals surface area contributed by atoms with Crippen molar-refractivity contribution in [2.45, 2.75) is 17.8 Å². The molecule has 0 unspecified atom stereocenters. The van der Waals surface area contributed by atoms with Crippen LogP contribution in [0.4, 0.5) is 0 Å². The van der Waals surface area contributed by atoms with Crippen LogP contribution in [0.5, 0.6) is 17.2 Å². The van der Waals surface area contributed by atoms with Gasteiger partial charge in [0.05, 0.1) is 19.8 Å². The Kier molecular flexibility index (Phi) is 5.15. The average Bonchev–Trinajstić information content (AvgIpc) is 3.32. The molecule has 2 aliphatic heterocycles. The molecule has 0 bridgehead atoms. The Morgan fingerprint density at radius 3 is 2.82 bits per heavy atom. The maximum atomic E-state index is 13.0. The number of nitrogens with one attached hydrogen (secondary N) is 1. The third kappa shape index (κ3) is 3.66. The fraction of sp³-hybridized carbons (Fsp3) is 0.368. The number of rotatable bonds is 6. The Labute approximate surface area is 164 Å². The third-order valence-electron chi connectivity index (χ3n) is 4.93. The van der Waals surface area contributed by atoms with Gasteiger partial charge in [0, 0.05) is 13.6 Å². The lowest BCUT2D eigenvalue weighted by atomic mass is 10.0. The van der Waals surface area contributed by atoms with Gasteiger partial charge in [0.15, 0.2) is 11.5 Å². The highest BCUT2D eigenvalue weighted by atomic mass is 32.2. The van der Waals surface area contributed by atoms with E-state index in [4.69, 9.17) is 19.0 Å². The minimum atomic E-state index is -3.65. The topological polar surface area (TPSA) is 86.3 Å². The second-order valence-electron chi connectivity index (χ2n) is 6.66. The van der Waals surface area contributed by atoms with Crippen molar-refractivity contribution in [1.29, 1.82) is 0 Å². The molecule has 0 spiro atoms. The van der Waals surface area contributed by atoms with Crippen molar-refractivity contribution in [2.75, 3.05) is 27.6 Å². The van der Waals surface area contributed by atoms with Crippen molar-refractivity contribution in [3.63, 3.8) is 0 Å². The van der Waals surface area contributed by atoms with Crippen molar-refractivity contribution < 1.29 is 27.5 Å². The molecule has 0 amide bonds. The van der Waals surface area contributed by atoms with Gasteiger partial charge in [-0.15, -0.1) is 0 Å². The predicted octanol–water partition coefficient (Wildman–Crippen LogP) is 1.83. The molecule has 0 saturated carbocycles. The van der Waals surface area contributed by atoms with Gasteiger partial charge in [0.1, 0.15) is 11.0 Å². The van der Waals surface area contributed by atoms with Crippen LogP contribution in [0.25, 0.3) is 0 Å². The van der Waals surface area contributed by atoms with Gasteiger partial charge in [-0.05, 0) is 35.4 Å². The highest BCUT2D eigenvalue weighted by Gasteiger charge is 2.43. The smallest absolute Gasteiger partial charge is 0.231 e. The zero-order valence-electron chi connectivity index (χ0n) is 15.6. The van der Waals surface area contributed by atoms with E-state index in [1.165, 1.54) is 0 Å². The predicted molar refractivity (Wildman–Crippen MR) is 102 cm³/mol. The molecule has 1 N–H and O–H groups in total. The Morgan fingerprint density at radius 1 is 1.18 bits per heavy atom. The normalized spacial score (nSPS) is 21.8. The van der Waals surface area contributed by atoms with Crippen LogP contribution in [0.2, 0.25) is 0 Å². The van der Waals surface area contributed by atoms with E-state index in [0.29, 0.717) is 17.2 Å². The molecule has 2 heterocycles. The number of hydroxylamine groups is 2. The molecular weight excluding hydrogens is 384 g/mol. The fourth-order valence-corrected chi connectivity index (χ4v) is 4.94. The van der Waals surface area contributed by atoms with E-state index in [2.05, 4.69) is 4.72 Å². The summed E-state index contributed by atoms with van der Waals surface area (Å²) in [6, 6.07) is 12.3. The molecule has 0 aromatic heterocycles. The molecule has 0 radical (unpaired) electrons. The van der Waals surface area contributed by atoms with Crippen molar-refractivity contribution in [1.82, 2.24) is 9.79 Å². The minimum Gasteiger partial charge on any atom is -0.497 e. The van der Waals surface area contributed by atoms with E-state index >= 15 is 0 Å². The molecule has 9 heteroatoms. The molecular formula is C19H22N2O6S. The monoisotopic (exact) mass is 406 g/mol. The SMILES string of the molecule is COc1cccc([C@@H]2[C@@H](S(=O)(=O)NCc3ccc4c(c3)OCO4)CON2C)c1. The molecule has 2 aromatic carbocycles. The van der Waals surface area contributed by atoms with Gasteiger partial charge in [0.25, 0.3) is 0 Å². The van der Waals surface area contributed by atoms with E-state index in [1.54, 1.807) is 31.4 Å². The van der Waals surface area contributed by atoms with E-state index in [-0.39, 0.29) is 19.9 Å². The molecule has 2 aromatic rings. The summed E-state index contributed by atoms with van der Waals surface area (Å²) in [6.45, 7) is 0.414. The molecule has 8 nitrogen and oxygen atoms in total. The molecule has 1 saturated heterocycles.